The zero-order valence-electron chi connectivity index (χ0n) is 13.6. The number of nitrogens with one attached hydrogen (secondary N) is 2. The minimum atomic E-state index is -0.575. The van der Waals surface area contributed by atoms with Crippen molar-refractivity contribution in [3.63, 3.8) is 0 Å². The quantitative estimate of drug-likeness (QED) is 0.846. The van der Waals surface area contributed by atoms with Crippen LogP contribution in [0.1, 0.15) is 11.6 Å². The summed E-state index contributed by atoms with van der Waals surface area (Å²) in [6.45, 7) is 0.0790. The molecule has 0 heterocycles. The van der Waals surface area contributed by atoms with Gasteiger partial charge in [0.05, 0.1) is 6.54 Å². The number of rotatable bonds is 6. The molecule has 0 saturated carbocycles. The van der Waals surface area contributed by atoms with E-state index in [2.05, 4.69) is 10.6 Å². The van der Waals surface area contributed by atoms with E-state index in [0.717, 1.165) is 11.3 Å². The summed E-state index contributed by atoms with van der Waals surface area (Å²) in [5, 5.41) is 6.04. The van der Waals surface area contributed by atoms with Gasteiger partial charge in [-0.25, -0.2) is 0 Å². The van der Waals surface area contributed by atoms with Gasteiger partial charge in [-0.15, -0.1) is 0 Å². The summed E-state index contributed by atoms with van der Waals surface area (Å²) in [6, 6.07) is 15.6. The molecule has 1 atom stereocenters. The topological polar surface area (TPSA) is 61.4 Å². The molecule has 2 N–H and O–H groups in total. The Kier molecular flexibility index (Phi) is 6.35. The number of hydrogen-bond acceptors (Lipinski definition) is 3. The maximum absolute atomic E-state index is 12.3. The van der Waals surface area contributed by atoms with Gasteiger partial charge in [0, 0.05) is 17.8 Å². The van der Waals surface area contributed by atoms with Crippen molar-refractivity contribution in [1.29, 1.82) is 0 Å². The highest BCUT2D eigenvalue weighted by molar-refractivity contribution is 6.30. The molecule has 2 aromatic carbocycles. The van der Waals surface area contributed by atoms with Crippen LogP contribution in [-0.4, -0.2) is 37.4 Å². The third kappa shape index (κ3) is 4.81. The largest absolute Gasteiger partial charge is 0.358 e. The smallest absolute Gasteiger partial charge is 0.241 e. The molecule has 126 valence electrons. The zero-order chi connectivity index (χ0) is 17.5. The molecule has 24 heavy (non-hydrogen) atoms. The molecule has 5 nitrogen and oxygen atoms in total. The first-order valence-electron chi connectivity index (χ1n) is 7.53. The van der Waals surface area contributed by atoms with Crippen molar-refractivity contribution in [2.24, 2.45) is 0 Å². The minimum Gasteiger partial charge on any atom is -0.358 e. The van der Waals surface area contributed by atoms with Gasteiger partial charge in [0.15, 0.2) is 0 Å². The van der Waals surface area contributed by atoms with Crippen molar-refractivity contribution in [3.05, 3.63) is 65.2 Å². The fourth-order valence-electron chi connectivity index (χ4n) is 2.43. The van der Waals surface area contributed by atoms with Crippen LogP contribution in [0.4, 0.5) is 5.69 Å². The highest BCUT2D eigenvalue weighted by Gasteiger charge is 2.25. The molecule has 2 aromatic rings. The molecule has 0 spiro atoms. The Labute approximate surface area is 146 Å². The van der Waals surface area contributed by atoms with Crippen LogP contribution in [0.3, 0.4) is 0 Å². The molecule has 0 saturated heterocycles. The number of carbonyl (C=O) groups excluding carboxylic acids is 2. The van der Waals surface area contributed by atoms with Crippen LogP contribution < -0.4 is 10.6 Å². The van der Waals surface area contributed by atoms with Crippen LogP contribution in [0, 0.1) is 0 Å². The lowest BCUT2D eigenvalue weighted by molar-refractivity contribution is -0.126. The van der Waals surface area contributed by atoms with Gasteiger partial charge in [-0.3, -0.25) is 14.5 Å². The third-order valence-electron chi connectivity index (χ3n) is 3.57. The zero-order valence-corrected chi connectivity index (χ0v) is 14.4. The first-order valence-corrected chi connectivity index (χ1v) is 7.91. The van der Waals surface area contributed by atoms with Crippen molar-refractivity contribution in [3.8, 4) is 0 Å². The molecular formula is C18H20ClN3O2. The van der Waals surface area contributed by atoms with Crippen LogP contribution in [0.25, 0.3) is 0 Å². The van der Waals surface area contributed by atoms with Crippen molar-refractivity contribution in [1.82, 2.24) is 10.2 Å². The summed E-state index contributed by atoms with van der Waals surface area (Å²) >= 11 is 5.91. The van der Waals surface area contributed by atoms with Gasteiger partial charge in [-0.05, 0) is 36.9 Å². The number of benzene rings is 2. The Morgan fingerprint density at radius 1 is 1.08 bits per heavy atom. The molecule has 0 aliphatic carbocycles. The maximum atomic E-state index is 12.3. The van der Waals surface area contributed by atoms with Crippen molar-refractivity contribution < 1.29 is 9.59 Å². The first-order chi connectivity index (χ1) is 11.5. The summed E-state index contributed by atoms with van der Waals surface area (Å²) < 4.78 is 0. The van der Waals surface area contributed by atoms with Crippen molar-refractivity contribution in [2.45, 2.75) is 6.04 Å². The number of halogens is 1. The number of likely N-dealkylation sites (N-methyl/N-ethyl adjacent to an activating group) is 2. The van der Waals surface area contributed by atoms with E-state index in [4.69, 9.17) is 11.6 Å². The molecule has 2 rings (SSSR count). The lowest BCUT2D eigenvalue weighted by Gasteiger charge is -2.26. The van der Waals surface area contributed by atoms with Gasteiger partial charge in [-0.1, -0.05) is 41.9 Å². The molecule has 0 bridgehead atoms. The number of carbonyl (C=O) groups is 2. The SMILES string of the molecule is CNC(=O)C(c1ccc(Cl)cc1)N(C)CC(=O)Nc1ccccc1. The fourth-order valence-corrected chi connectivity index (χ4v) is 2.55. The Hall–Kier alpha value is -2.37. The molecule has 0 aliphatic heterocycles. The molecular weight excluding hydrogens is 326 g/mol. The lowest BCUT2D eigenvalue weighted by atomic mass is 10.0. The van der Waals surface area contributed by atoms with Crippen LogP contribution in [0.15, 0.2) is 54.6 Å². The van der Waals surface area contributed by atoms with Crippen LogP contribution in [0.2, 0.25) is 5.02 Å². The highest BCUT2D eigenvalue weighted by atomic mass is 35.5. The van der Waals surface area contributed by atoms with Gasteiger partial charge >= 0.3 is 0 Å². The lowest BCUT2D eigenvalue weighted by Crippen LogP contribution is -2.40. The van der Waals surface area contributed by atoms with E-state index in [-0.39, 0.29) is 18.4 Å². The third-order valence-corrected chi connectivity index (χ3v) is 3.82. The molecule has 2 amide bonds. The first kappa shape index (κ1) is 18.0. The summed E-state index contributed by atoms with van der Waals surface area (Å²) in [7, 11) is 3.31. The number of hydrogen-bond donors (Lipinski definition) is 2. The standard InChI is InChI=1S/C18H20ClN3O2/c1-20-18(24)17(13-8-10-14(19)11-9-13)22(2)12-16(23)21-15-6-4-3-5-7-15/h3-11,17H,12H2,1-2H3,(H,20,24)(H,21,23). The maximum Gasteiger partial charge on any atom is 0.241 e. The van der Waals surface area contributed by atoms with Crippen molar-refractivity contribution in [2.75, 3.05) is 26.0 Å². The molecule has 6 heteroatoms. The van der Waals surface area contributed by atoms with Gasteiger partial charge < -0.3 is 10.6 Å². The number of anilines is 1. The fraction of sp³-hybridized carbons (Fsp3) is 0.222. The summed E-state index contributed by atoms with van der Waals surface area (Å²) in [4.78, 5) is 26.2. The molecule has 0 fully saturated rings. The van der Waals surface area contributed by atoms with Crippen LogP contribution in [-0.2, 0) is 9.59 Å². The average molecular weight is 346 g/mol. The highest BCUT2D eigenvalue weighted by Crippen LogP contribution is 2.21. The Morgan fingerprint density at radius 2 is 1.71 bits per heavy atom. The summed E-state index contributed by atoms with van der Waals surface area (Å²) in [5.41, 5.74) is 1.49. The monoisotopic (exact) mass is 345 g/mol. The van der Waals surface area contributed by atoms with Gasteiger partial charge in [0.2, 0.25) is 11.8 Å². The minimum absolute atomic E-state index is 0.0790. The number of nitrogens with zero attached hydrogens (tertiary/aromatic N) is 1. The van der Waals surface area contributed by atoms with E-state index < -0.39 is 6.04 Å². The molecule has 1 unspecified atom stereocenters. The normalized spacial score (nSPS) is 11.8. The van der Waals surface area contributed by atoms with E-state index in [9.17, 15) is 9.59 Å². The predicted molar refractivity (Wildman–Crippen MR) is 96.0 cm³/mol. The molecule has 0 aromatic heterocycles. The predicted octanol–water partition coefficient (Wildman–Crippen LogP) is 2.70. The van der Waals surface area contributed by atoms with Gasteiger partial charge in [0.1, 0.15) is 6.04 Å². The Bertz CT molecular complexity index is 689. The Balaban J connectivity index is 2.10. The second kappa shape index (κ2) is 8.47. The Morgan fingerprint density at radius 3 is 2.29 bits per heavy atom. The average Bonchev–Trinajstić information content (AvgIpc) is 2.57. The van der Waals surface area contributed by atoms with Crippen LogP contribution in [0.5, 0.6) is 0 Å². The number of amides is 2. The summed E-state index contributed by atoms with van der Waals surface area (Å²) in [5.74, 6) is -0.376. The second-order valence-corrected chi connectivity index (χ2v) is 5.83. The second-order valence-electron chi connectivity index (χ2n) is 5.40. The summed E-state index contributed by atoms with van der Waals surface area (Å²) in [6.07, 6.45) is 0. The van der Waals surface area contributed by atoms with E-state index in [1.165, 1.54) is 0 Å². The van der Waals surface area contributed by atoms with E-state index in [0.29, 0.717) is 5.02 Å². The number of para-hydroxylation sites is 1. The van der Waals surface area contributed by atoms with Crippen molar-refractivity contribution >= 4 is 29.1 Å². The van der Waals surface area contributed by atoms with E-state index in [1.54, 1.807) is 43.3 Å². The molecule has 0 radical (unpaired) electrons. The van der Waals surface area contributed by atoms with Crippen LogP contribution >= 0.6 is 11.6 Å². The van der Waals surface area contributed by atoms with Gasteiger partial charge in [0.25, 0.3) is 0 Å². The van der Waals surface area contributed by atoms with E-state index >= 15 is 0 Å². The van der Waals surface area contributed by atoms with E-state index in [1.807, 2.05) is 30.3 Å². The molecule has 0 aliphatic rings. The van der Waals surface area contributed by atoms with Gasteiger partial charge in [-0.2, -0.15) is 0 Å².